The van der Waals surface area contributed by atoms with Gasteiger partial charge in [0.2, 0.25) is 0 Å². The first kappa shape index (κ1) is 14.9. The monoisotopic (exact) mass is 274 g/mol. The quantitative estimate of drug-likeness (QED) is 0.916. The molecule has 0 aliphatic carbocycles. The van der Waals surface area contributed by atoms with Crippen LogP contribution in [0.25, 0.3) is 5.57 Å². The summed E-state index contributed by atoms with van der Waals surface area (Å²) < 4.78 is 5.51. The van der Waals surface area contributed by atoms with Crippen molar-refractivity contribution < 1.29 is 4.74 Å². The summed E-state index contributed by atoms with van der Waals surface area (Å²) in [6.45, 7) is 11.6. The van der Waals surface area contributed by atoms with Crippen molar-refractivity contribution in [3.05, 3.63) is 29.3 Å². The fraction of sp³-hybridized carbons (Fsp3) is 0.529. The fourth-order valence-electron chi connectivity index (χ4n) is 3.41. The lowest BCUT2D eigenvalue weighted by Gasteiger charge is -2.46. The van der Waals surface area contributed by atoms with E-state index >= 15 is 0 Å². The van der Waals surface area contributed by atoms with Gasteiger partial charge in [-0.25, -0.2) is 0 Å². The van der Waals surface area contributed by atoms with E-state index in [9.17, 15) is 0 Å². The first-order valence-corrected chi connectivity index (χ1v) is 7.22. The highest BCUT2D eigenvalue weighted by molar-refractivity contribution is 5.83. The third-order valence-electron chi connectivity index (χ3n) is 4.01. The van der Waals surface area contributed by atoms with Crippen molar-refractivity contribution in [3.8, 4) is 5.75 Å². The molecule has 1 aliphatic rings. The summed E-state index contributed by atoms with van der Waals surface area (Å²) in [4.78, 5) is 2.44. The Bertz CT molecular complexity index is 544. The number of nitrogens with zero attached hydrogens (tertiary/aromatic N) is 1. The Balaban J connectivity index is 2.70. The highest BCUT2D eigenvalue weighted by atomic mass is 16.5. The van der Waals surface area contributed by atoms with E-state index in [0.717, 1.165) is 11.3 Å². The molecule has 0 spiro atoms. The molecule has 20 heavy (non-hydrogen) atoms. The maximum absolute atomic E-state index is 5.84. The summed E-state index contributed by atoms with van der Waals surface area (Å²) in [5.74, 6) is 0.877. The number of hydrogen-bond acceptors (Lipinski definition) is 3. The summed E-state index contributed by atoms with van der Waals surface area (Å²) in [6, 6.07) is 4.72. The van der Waals surface area contributed by atoms with Gasteiger partial charge >= 0.3 is 0 Å². The van der Waals surface area contributed by atoms with Crippen LogP contribution in [-0.2, 0) is 6.54 Å². The molecule has 0 aromatic heterocycles. The van der Waals surface area contributed by atoms with Crippen LogP contribution in [0.3, 0.4) is 0 Å². The second kappa shape index (κ2) is 5.13. The average Bonchev–Trinajstić information content (AvgIpc) is 2.35. The zero-order valence-electron chi connectivity index (χ0n) is 13.4. The molecule has 0 bridgehead atoms. The number of rotatable bonds is 3. The Kier molecular flexibility index (Phi) is 3.83. The maximum Gasteiger partial charge on any atom is 0.125 e. The van der Waals surface area contributed by atoms with Gasteiger partial charge in [0, 0.05) is 35.5 Å². The average molecular weight is 274 g/mol. The van der Waals surface area contributed by atoms with Crippen molar-refractivity contribution in [2.45, 2.75) is 52.7 Å². The summed E-state index contributed by atoms with van der Waals surface area (Å²) >= 11 is 0. The highest BCUT2D eigenvalue weighted by Crippen LogP contribution is 2.43. The van der Waals surface area contributed by atoms with Crippen molar-refractivity contribution in [2.24, 2.45) is 5.73 Å². The van der Waals surface area contributed by atoms with Gasteiger partial charge in [-0.3, -0.25) is 0 Å². The molecular formula is C17H26N2O. The second-order valence-corrected chi connectivity index (χ2v) is 6.33. The van der Waals surface area contributed by atoms with Crippen LogP contribution in [0, 0.1) is 0 Å². The van der Waals surface area contributed by atoms with E-state index in [0.29, 0.717) is 12.6 Å². The molecule has 1 heterocycles. The van der Waals surface area contributed by atoms with E-state index in [1.54, 1.807) is 7.11 Å². The lowest BCUT2D eigenvalue weighted by Crippen LogP contribution is -2.49. The van der Waals surface area contributed by atoms with E-state index in [2.05, 4.69) is 57.7 Å². The molecule has 1 aromatic rings. The van der Waals surface area contributed by atoms with Crippen molar-refractivity contribution in [1.29, 1.82) is 0 Å². The zero-order chi connectivity index (χ0) is 15.1. The normalized spacial score (nSPS) is 17.0. The molecule has 0 saturated carbocycles. The lowest BCUT2D eigenvalue weighted by atomic mass is 9.86. The van der Waals surface area contributed by atoms with Gasteiger partial charge in [0.25, 0.3) is 0 Å². The third kappa shape index (κ3) is 2.31. The first-order chi connectivity index (χ1) is 9.31. The van der Waals surface area contributed by atoms with Crippen LogP contribution in [0.5, 0.6) is 5.75 Å². The molecule has 3 nitrogen and oxygen atoms in total. The van der Waals surface area contributed by atoms with Crippen LogP contribution in [-0.4, -0.2) is 18.7 Å². The Morgan fingerprint density at radius 2 is 1.95 bits per heavy atom. The Labute approximate surface area is 122 Å². The van der Waals surface area contributed by atoms with Gasteiger partial charge in [-0.2, -0.15) is 0 Å². The van der Waals surface area contributed by atoms with Crippen molar-refractivity contribution in [1.82, 2.24) is 0 Å². The third-order valence-corrected chi connectivity index (χ3v) is 4.01. The number of allylic oxidation sites excluding steroid dienone is 1. The van der Waals surface area contributed by atoms with E-state index < -0.39 is 0 Å². The molecule has 1 aromatic carbocycles. The van der Waals surface area contributed by atoms with Gasteiger partial charge < -0.3 is 15.4 Å². The molecule has 3 heteroatoms. The maximum atomic E-state index is 5.84. The van der Waals surface area contributed by atoms with Crippen LogP contribution in [0.1, 0.15) is 45.7 Å². The molecule has 0 radical (unpaired) electrons. The van der Waals surface area contributed by atoms with Gasteiger partial charge in [-0.1, -0.05) is 6.08 Å². The van der Waals surface area contributed by atoms with E-state index in [1.807, 2.05) is 0 Å². The smallest absolute Gasteiger partial charge is 0.125 e. The fourth-order valence-corrected chi connectivity index (χ4v) is 3.41. The predicted molar refractivity (Wildman–Crippen MR) is 86.2 cm³/mol. The number of fused-ring (bicyclic) bond motifs is 1. The molecule has 2 rings (SSSR count). The summed E-state index contributed by atoms with van der Waals surface area (Å²) in [5.41, 5.74) is 10.7. The lowest BCUT2D eigenvalue weighted by molar-refractivity contribution is 0.408. The largest absolute Gasteiger partial charge is 0.496 e. The number of nitrogens with two attached hydrogens (primary N) is 1. The predicted octanol–water partition coefficient (Wildman–Crippen LogP) is 3.56. The van der Waals surface area contributed by atoms with Gasteiger partial charge in [-0.15, -0.1) is 0 Å². The second-order valence-electron chi connectivity index (χ2n) is 6.33. The number of hydrogen-bond donors (Lipinski definition) is 1. The molecule has 0 atom stereocenters. The molecule has 0 unspecified atom stereocenters. The van der Waals surface area contributed by atoms with E-state index in [4.69, 9.17) is 10.5 Å². The first-order valence-electron chi connectivity index (χ1n) is 7.22. The number of benzene rings is 1. The van der Waals surface area contributed by atoms with Crippen molar-refractivity contribution >= 4 is 11.3 Å². The molecule has 1 aliphatic heterocycles. The van der Waals surface area contributed by atoms with E-state index in [-0.39, 0.29) is 5.54 Å². The summed E-state index contributed by atoms with van der Waals surface area (Å²) in [7, 11) is 1.71. The number of anilines is 1. The molecular weight excluding hydrogens is 248 g/mol. The van der Waals surface area contributed by atoms with Gasteiger partial charge in [0.15, 0.2) is 0 Å². The summed E-state index contributed by atoms with van der Waals surface area (Å²) in [5, 5.41) is 0. The van der Waals surface area contributed by atoms with Crippen LogP contribution < -0.4 is 15.4 Å². The van der Waals surface area contributed by atoms with Crippen LogP contribution in [0.4, 0.5) is 5.69 Å². The van der Waals surface area contributed by atoms with Gasteiger partial charge in [0.05, 0.1) is 12.6 Å². The molecule has 110 valence electrons. The minimum Gasteiger partial charge on any atom is -0.496 e. The SMILES string of the molecule is COc1cc2c(cc1CN)C(C)=CC(C)(C)N2C(C)C. The minimum atomic E-state index is 0.000489. The van der Waals surface area contributed by atoms with Crippen LogP contribution >= 0.6 is 0 Å². The topological polar surface area (TPSA) is 38.5 Å². The molecule has 0 fully saturated rings. The molecule has 2 N–H and O–H groups in total. The Morgan fingerprint density at radius 3 is 2.45 bits per heavy atom. The standard InChI is InChI=1S/C17H26N2O/c1-11(2)19-15-8-16(20-6)13(10-18)7-14(15)12(3)9-17(19,4)5/h7-9,11H,10,18H2,1-6H3. The van der Waals surface area contributed by atoms with Gasteiger partial charge in [0.1, 0.15) is 5.75 Å². The van der Waals surface area contributed by atoms with Crippen molar-refractivity contribution in [3.63, 3.8) is 0 Å². The summed E-state index contributed by atoms with van der Waals surface area (Å²) in [6.07, 6.45) is 2.34. The zero-order valence-corrected chi connectivity index (χ0v) is 13.4. The highest BCUT2D eigenvalue weighted by Gasteiger charge is 2.33. The number of ether oxygens (including phenoxy) is 1. The Morgan fingerprint density at radius 1 is 1.30 bits per heavy atom. The van der Waals surface area contributed by atoms with Crippen LogP contribution in [0.2, 0.25) is 0 Å². The van der Waals surface area contributed by atoms with Crippen molar-refractivity contribution in [2.75, 3.05) is 12.0 Å². The van der Waals surface area contributed by atoms with Gasteiger partial charge in [-0.05, 0) is 46.3 Å². The number of methoxy groups -OCH3 is 1. The minimum absolute atomic E-state index is 0.000489. The molecule has 0 amide bonds. The van der Waals surface area contributed by atoms with E-state index in [1.165, 1.54) is 16.8 Å². The molecule has 0 saturated heterocycles. The van der Waals surface area contributed by atoms with Crippen LogP contribution in [0.15, 0.2) is 18.2 Å². The Hall–Kier alpha value is -1.48.